The third-order valence-electron chi connectivity index (χ3n) is 3.34. The van der Waals surface area contributed by atoms with Crippen molar-refractivity contribution < 1.29 is 21.5 Å². The van der Waals surface area contributed by atoms with E-state index in [9.17, 15) is 9.90 Å². The second-order valence-electron chi connectivity index (χ2n) is 5.30. The van der Waals surface area contributed by atoms with Crippen LogP contribution < -0.4 is 0 Å². The number of rotatable bonds is 15. The van der Waals surface area contributed by atoms with E-state index < -0.39 is 24.4 Å². The molecule has 0 amide bonds. The van der Waals surface area contributed by atoms with Crippen molar-refractivity contribution in [2.75, 3.05) is 12.4 Å². The van der Waals surface area contributed by atoms with Crippen molar-refractivity contribution in [1.29, 1.82) is 0 Å². The van der Waals surface area contributed by atoms with Crippen LogP contribution in [-0.2, 0) is 9.53 Å². The molecule has 0 heterocycles. The fourth-order valence-corrected chi connectivity index (χ4v) is 2.15. The first-order chi connectivity index (χ1) is 12.0. The zero-order chi connectivity index (χ0) is 20.3. The minimum Gasteiger partial charge on any atom is -0.463 e. The van der Waals surface area contributed by atoms with Crippen LogP contribution in [0.2, 0.25) is 0 Å². The van der Waals surface area contributed by atoms with E-state index >= 15 is 0 Å². The molecule has 0 aliphatic rings. The van der Waals surface area contributed by atoms with Crippen molar-refractivity contribution in [3.63, 3.8) is 0 Å². The minimum absolute atomic E-state index is 0.0438. The molecular weight excluding hydrogens is 288 g/mol. The van der Waals surface area contributed by atoms with E-state index in [-0.39, 0.29) is 6.42 Å². The third-order valence-corrected chi connectivity index (χ3v) is 3.51. The van der Waals surface area contributed by atoms with E-state index in [0.29, 0.717) is 6.42 Å². The Labute approximate surface area is 142 Å². The van der Waals surface area contributed by atoms with Crippen LogP contribution in [0.5, 0.6) is 0 Å². The van der Waals surface area contributed by atoms with Crippen LogP contribution in [0.3, 0.4) is 0 Å². The van der Waals surface area contributed by atoms with Crippen LogP contribution in [-0.4, -0.2) is 29.5 Å². The van der Waals surface area contributed by atoms with Crippen molar-refractivity contribution in [3.05, 3.63) is 0 Å². The summed E-state index contributed by atoms with van der Waals surface area (Å²) in [4.78, 5) is 11.7. The summed E-state index contributed by atoms with van der Waals surface area (Å²) >= 11 is 5.18. The van der Waals surface area contributed by atoms with Crippen LogP contribution in [0, 0.1) is 0 Å². The number of esters is 1. The topological polar surface area (TPSA) is 46.5 Å². The Morgan fingerprint density at radius 3 is 2.05 bits per heavy atom. The maximum atomic E-state index is 11.7. The van der Waals surface area contributed by atoms with Crippen molar-refractivity contribution in [1.82, 2.24) is 0 Å². The van der Waals surface area contributed by atoms with Gasteiger partial charge in [-0.15, -0.1) is 11.6 Å². The van der Waals surface area contributed by atoms with Gasteiger partial charge in [0, 0.05) is 9.16 Å². The molecule has 1 atom stereocenters. The summed E-state index contributed by atoms with van der Waals surface area (Å²) in [6.07, 6.45) is 8.82. The smallest absolute Gasteiger partial charge is 0.305 e. The van der Waals surface area contributed by atoms with Crippen LogP contribution in [0.25, 0.3) is 0 Å². The molecular formula is C17H33ClO3. The number of unbranched alkanes of at least 4 members (excludes halogenated alkanes) is 10. The Hall–Kier alpha value is -0.280. The molecule has 0 aromatic carbocycles. The van der Waals surface area contributed by atoms with Crippen LogP contribution in [0.4, 0.5) is 0 Å². The lowest BCUT2D eigenvalue weighted by Crippen LogP contribution is -2.19. The van der Waals surface area contributed by atoms with Crippen LogP contribution in [0.1, 0.15) is 90.8 Å². The average Bonchev–Trinajstić information content (AvgIpc) is 2.50. The summed E-state index contributed by atoms with van der Waals surface area (Å²) in [5, 5.41) is 9.60. The summed E-state index contributed by atoms with van der Waals surface area (Å²) in [5.74, 6) is -4.02. The number of halogens is 1. The Bertz CT molecular complexity index is 400. The number of carbonyl (C=O) groups excluding carboxylic acids is 1. The average molecular weight is 326 g/mol. The van der Waals surface area contributed by atoms with Gasteiger partial charge in [-0.2, -0.15) is 0 Å². The fourth-order valence-electron chi connectivity index (χ4n) is 2.11. The largest absolute Gasteiger partial charge is 0.463 e. The number of ether oxygens (including phenoxy) is 1. The highest BCUT2D eigenvalue weighted by Gasteiger charge is 2.07. The number of aliphatic hydroxyl groups is 1. The van der Waals surface area contributed by atoms with E-state index in [4.69, 9.17) is 18.5 Å². The van der Waals surface area contributed by atoms with Crippen LogP contribution >= 0.6 is 11.6 Å². The Morgan fingerprint density at radius 2 is 1.57 bits per heavy atom. The third kappa shape index (κ3) is 15.9. The van der Waals surface area contributed by atoms with Crippen molar-refractivity contribution in [2.24, 2.45) is 0 Å². The number of carbonyl (C=O) groups is 1. The first-order valence-electron chi connectivity index (χ1n) is 10.6. The first-order valence-corrected chi connectivity index (χ1v) is 8.46. The first kappa shape index (κ1) is 13.2. The highest BCUT2D eigenvalue weighted by atomic mass is 35.5. The molecule has 0 rings (SSSR count). The SMILES string of the molecule is [2H]C([2H])(Cl)[C@@]([2H])(O)C([2H])([2H])OC(=O)CCCCCCCCCCCCC. The molecule has 0 fully saturated rings. The van der Waals surface area contributed by atoms with Gasteiger partial charge in [-0.3, -0.25) is 4.79 Å². The van der Waals surface area contributed by atoms with Crippen molar-refractivity contribution in [3.8, 4) is 0 Å². The standard InChI is InChI=1S/C17H33ClO3/c1-2-3-4-5-6-7-8-9-10-11-12-13-17(20)21-15-16(19)14-18/h16,19H,2-15H2,1H3/t16-/m1/s1/i14D2,15D2,16D. The molecule has 0 aromatic heterocycles. The molecule has 0 aliphatic heterocycles. The monoisotopic (exact) mass is 325 g/mol. The second kappa shape index (κ2) is 16.1. The molecule has 0 unspecified atom stereocenters. The maximum Gasteiger partial charge on any atom is 0.305 e. The molecule has 0 aliphatic carbocycles. The van der Waals surface area contributed by atoms with Gasteiger partial charge in [-0.25, -0.2) is 0 Å². The molecule has 3 nitrogen and oxygen atoms in total. The zero-order valence-corrected chi connectivity index (χ0v) is 13.9. The molecule has 0 saturated heterocycles. The molecule has 4 heteroatoms. The molecule has 0 saturated carbocycles. The molecule has 0 bridgehead atoms. The van der Waals surface area contributed by atoms with Gasteiger partial charge in [0.15, 0.2) is 0 Å². The van der Waals surface area contributed by atoms with Gasteiger partial charge in [0.05, 0.1) is 9.94 Å². The van der Waals surface area contributed by atoms with Crippen LogP contribution in [0.15, 0.2) is 0 Å². The van der Waals surface area contributed by atoms with Gasteiger partial charge in [-0.05, 0) is 6.42 Å². The zero-order valence-electron chi connectivity index (χ0n) is 18.1. The molecule has 21 heavy (non-hydrogen) atoms. The lowest BCUT2D eigenvalue weighted by molar-refractivity contribution is -0.146. The number of hydrogen-bond donors (Lipinski definition) is 1. The Balaban J connectivity index is 3.84. The van der Waals surface area contributed by atoms with Gasteiger partial charge in [-0.1, -0.05) is 71.1 Å². The van der Waals surface area contributed by atoms with Crippen molar-refractivity contribution >= 4 is 17.6 Å². The highest BCUT2D eigenvalue weighted by molar-refractivity contribution is 6.18. The predicted molar refractivity (Wildman–Crippen MR) is 88.8 cm³/mol. The lowest BCUT2D eigenvalue weighted by Gasteiger charge is -2.08. The van der Waals surface area contributed by atoms with Gasteiger partial charge in [0.2, 0.25) is 0 Å². The van der Waals surface area contributed by atoms with E-state index in [1.807, 2.05) is 0 Å². The van der Waals surface area contributed by atoms with E-state index in [1.54, 1.807) is 0 Å². The summed E-state index contributed by atoms with van der Waals surface area (Å²) in [7, 11) is 0. The molecule has 0 aromatic rings. The second-order valence-corrected chi connectivity index (χ2v) is 5.49. The van der Waals surface area contributed by atoms with E-state index in [0.717, 1.165) is 19.3 Å². The summed E-state index contributed by atoms with van der Waals surface area (Å²) in [6.45, 7) is -1.04. The quantitative estimate of drug-likeness (QED) is 0.266. The van der Waals surface area contributed by atoms with E-state index in [2.05, 4.69) is 11.7 Å². The molecule has 1 N–H and O–H groups in total. The summed E-state index contributed by atoms with van der Waals surface area (Å²) in [5.41, 5.74) is 0. The highest BCUT2D eigenvalue weighted by Crippen LogP contribution is 2.12. The summed E-state index contributed by atoms with van der Waals surface area (Å²) in [6, 6.07) is 0. The summed E-state index contributed by atoms with van der Waals surface area (Å²) < 4.78 is 40.8. The molecule has 0 radical (unpaired) electrons. The fraction of sp³-hybridized carbons (Fsp3) is 0.941. The normalized spacial score (nSPS) is 18.7. The minimum atomic E-state index is -3.41. The Kier molecular flexibility index (Phi) is 10.1. The molecule has 0 spiro atoms. The van der Waals surface area contributed by atoms with Crippen molar-refractivity contribution in [2.45, 2.75) is 90.1 Å². The van der Waals surface area contributed by atoms with E-state index in [1.165, 1.54) is 44.9 Å². The van der Waals surface area contributed by atoms with Gasteiger partial charge < -0.3 is 9.84 Å². The van der Waals surface area contributed by atoms with Gasteiger partial charge >= 0.3 is 5.97 Å². The maximum absolute atomic E-state index is 11.7. The predicted octanol–water partition coefficient (Wildman–Crippen LogP) is 4.83. The Morgan fingerprint density at radius 1 is 1.10 bits per heavy atom. The van der Waals surface area contributed by atoms with Gasteiger partial charge in [0.1, 0.15) is 12.6 Å². The lowest BCUT2D eigenvalue weighted by atomic mass is 10.1. The number of hydrogen-bond acceptors (Lipinski definition) is 3. The van der Waals surface area contributed by atoms with Gasteiger partial charge in [0.25, 0.3) is 0 Å². The number of alkyl halides is 1. The molecule has 126 valence electrons.